The van der Waals surface area contributed by atoms with Crippen LogP contribution in [0.2, 0.25) is 0 Å². The Kier molecular flexibility index (Phi) is 4.18. The van der Waals surface area contributed by atoms with Crippen LogP contribution in [-0.2, 0) is 16.0 Å². The third kappa shape index (κ3) is 2.92. The van der Waals surface area contributed by atoms with E-state index >= 15 is 0 Å². The average Bonchev–Trinajstić information content (AvgIpc) is 2.85. The van der Waals surface area contributed by atoms with Crippen LogP contribution in [0.5, 0.6) is 5.75 Å². The zero-order valence-electron chi connectivity index (χ0n) is 12.9. The molecule has 3 heteroatoms. The van der Waals surface area contributed by atoms with Crippen LogP contribution >= 0.6 is 0 Å². The van der Waals surface area contributed by atoms with E-state index in [2.05, 4.69) is 12.1 Å². The molecule has 0 spiro atoms. The van der Waals surface area contributed by atoms with Gasteiger partial charge in [-0.2, -0.15) is 0 Å². The summed E-state index contributed by atoms with van der Waals surface area (Å²) in [6.45, 7) is 3.94. The van der Waals surface area contributed by atoms with E-state index in [-0.39, 0.29) is 5.97 Å². The molecule has 114 valence electrons. The molecule has 0 aromatic heterocycles. The maximum atomic E-state index is 11.6. The molecule has 0 heterocycles. The van der Waals surface area contributed by atoms with Gasteiger partial charge in [0.25, 0.3) is 0 Å². The summed E-state index contributed by atoms with van der Waals surface area (Å²) < 4.78 is 10.7. The van der Waals surface area contributed by atoms with Crippen molar-refractivity contribution in [2.24, 2.45) is 5.92 Å². The van der Waals surface area contributed by atoms with Crippen molar-refractivity contribution in [1.29, 1.82) is 0 Å². The molecule has 1 aromatic rings. The number of carbonyl (C=O) groups excluding carboxylic acids is 1. The summed E-state index contributed by atoms with van der Waals surface area (Å²) in [5.41, 5.74) is 2.93. The predicted octanol–water partition coefficient (Wildman–Crippen LogP) is 3.85. The Morgan fingerprint density at radius 1 is 1.33 bits per heavy atom. The van der Waals surface area contributed by atoms with E-state index in [0.29, 0.717) is 6.61 Å². The van der Waals surface area contributed by atoms with Crippen molar-refractivity contribution < 1.29 is 14.3 Å². The molecule has 21 heavy (non-hydrogen) atoms. The SMILES string of the molecule is CCOC(=O)C(C)Oc1ccc2c(c1)CC1CCCCC21. The Bertz CT molecular complexity index is 523. The van der Waals surface area contributed by atoms with Crippen molar-refractivity contribution in [3.8, 4) is 5.75 Å². The molecule has 2 aliphatic rings. The second kappa shape index (κ2) is 6.08. The fraction of sp³-hybridized carbons (Fsp3) is 0.611. The van der Waals surface area contributed by atoms with Gasteiger partial charge in [0.2, 0.25) is 0 Å². The molecule has 3 nitrogen and oxygen atoms in total. The summed E-state index contributed by atoms with van der Waals surface area (Å²) in [5.74, 6) is 2.07. The van der Waals surface area contributed by atoms with Gasteiger partial charge >= 0.3 is 5.97 Å². The third-order valence-electron chi connectivity index (χ3n) is 4.84. The Morgan fingerprint density at radius 2 is 2.14 bits per heavy atom. The molecule has 3 unspecified atom stereocenters. The number of carbonyl (C=O) groups is 1. The third-order valence-corrected chi connectivity index (χ3v) is 4.84. The van der Waals surface area contributed by atoms with Gasteiger partial charge < -0.3 is 9.47 Å². The zero-order chi connectivity index (χ0) is 14.8. The second-order valence-electron chi connectivity index (χ2n) is 6.23. The van der Waals surface area contributed by atoms with Crippen molar-refractivity contribution in [1.82, 2.24) is 0 Å². The van der Waals surface area contributed by atoms with E-state index in [0.717, 1.165) is 17.6 Å². The molecule has 0 N–H and O–H groups in total. The molecular formula is C18H24O3. The Morgan fingerprint density at radius 3 is 2.95 bits per heavy atom. The number of benzene rings is 1. The normalized spacial score (nSPS) is 24.9. The van der Waals surface area contributed by atoms with Crippen LogP contribution in [0.25, 0.3) is 0 Å². The van der Waals surface area contributed by atoms with Gasteiger partial charge in [0, 0.05) is 0 Å². The topological polar surface area (TPSA) is 35.5 Å². The molecule has 1 aromatic carbocycles. The number of hydrogen-bond donors (Lipinski definition) is 0. The quantitative estimate of drug-likeness (QED) is 0.789. The highest BCUT2D eigenvalue weighted by molar-refractivity contribution is 5.74. The molecule has 2 aliphatic carbocycles. The summed E-state index contributed by atoms with van der Waals surface area (Å²) in [4.78, 5) is 11.6. The number of hydrogen-bond acceptors (Lipinski definition) is 3. The number of fused-ring (bicyclic) bond motifs is 3. The second-order valence-corrected chi connectivity index (χ2v) is 6.23. The van der Waals surface area contributed by atoms with Crippen LogP contribution in [0.3, 0.4) is 0 Å². The minimum Gasteiger partial charge on any atom is -0.479 e. The standard InChI is InChI=1S/C18H24O3/c1-3-20-18(19)12(2)21-15-8-9-17-14(11-15)10-13-6-4-5-7-16(13)17/h8-9,11-13,16H,3-7,10H2,1-2H3. The van der Waals surface area contributed by atoms with Gasteiger partial charge in [-0.25, -0.2) is 4.79 Å². The number of esters is 1. The minimum absolute atomic E-state index is 0.299. The van der Waals surface area contributed by atoms with Crippen molar-refractivity contribution in [3.63, 3.8) is 0 Å². The maximum Gasteiger partial charge on any atom is 0.347 e. The lowest BCUT2D eigenvalue weighted by Crippen LogP contribution is -2.26. The molecule has 3 rings (SSSR count). The molecule has 3 atom stereocenters. The van der Waals surface area contributed by atoms with Gasteiger partial charge in [0.15, 0.2) is 6.10 Å². The highest BCUT2D eigenvalue weighted by Gasteiger charge is 2.34. The monoisotopic (exact) mass is 288 g/mol. The first-order valence-corrected chi connectivity index (χ1v) is 8.15. The fourth-order valence-electron chi connectivity index (χ4n) is 3.85. The average molecular weight is 288 g/mol. The van der Waals surface area contributed by atoms with Crippen LogP contribution in [0.15, 0.2) is 18.2 Å². The summed E-state index contributed by atoms with van der Waals surface area (Å²) in [6, 6.07) is 6.34. The van der Waals surface area contributed by atoms with Gasteiger partial charge in [0.05, 0.1) is 6.61 Å². The molecule has 1 saturated carbocycles. The van der Waals surface area contributed by atoms with E-state index in [1.54, 1.807) is 6.92 Å². The van der Waals surface area contributed by atoms with Crippen molar-refractivity contribution >= 4 is 5.97 Å². The van der Waals surface area contributed by atoms with Gasteiger partial charge in [-0.15, -0.1) is 0 Å². The van der Waals surface area contributed by atoms with Crippen LogP contribution in [0.4, 0.5) is 0 Å². The maximum absolute atomic E-state index is 11.6. The summed E-state index contributed by atoms with van der Waals surface area (Å²) >= 11 is 0. The highest BCUT2D eigenvalue weighted by Crippen LogP contribution is 2.47. The Labute approximate surface area is 126 Å². The minimum atomic E-state index is -0.549. The lowest BCUT2D eigenvalue weighted by atomic mass is 9.80. The van der Waals surface area contributed by atoms with Crippen molar-refractivity contribution in [3.05, 3.63) is 29.3 Å². The summed E-state index contributed by atoms with van der Waals surface area (Å²) in [6.07, 6.45) is 6.04. The van der Waals surface area contributed by atoms with Crippen molar-refractivity contribution in [2.45, 2.75) is 58.0 Å². The largest absolute Gasteiger partial charge is 0.479 e. The van der Waals surface area contributed by atoms with Gasteiger partial charge in [-0.1, -0.05) is 18.9 Å². The lowest BCUT2D eigenvalue weighted by Gasteiger charge is -2.25. The molecular weight excluding hydrogens is 264 g/mol. The van der Waals surface area contributed by atoms with Crippen LogP contribution in [0.1, 0.15) is 56.6 Å². The van der Waals surface area contributed by atoms with Crippen LogP contribution in [-0.4, -0.2) is 18.7 Å². The lowest BCUT2D eigenvalue weighted by molar-refractivity contribution is -0.150. The van der Waals surface area contributed by atoms with E-state index in [4.69, 9.17) is 9.47 Å². The van der Waals surface area contributed by atoms with Gasteiger partial charge in [-0.3, -0.25) is 0 Å². The molecule has 0 radical (unpaired) electrons. The Balaban J connectivity index is 1.71. The van der Waals surface area contributed by atoms with Crippen LogP contribution < -0.4 is 4.74 Å². The molecule has 0 amide bonds. The Hall–Kier alpha value is -1.51. The van der Waals surface area contributed by atoms with Crippen LogP contribution in [0, 0.1) is 5.92 Å². The van der Waals surface area contributed by atoms with E-state index < -0.39 is 6.10 Å². The molecule has 1 fully saturated rings. The van der Waals surface area contributed by atoms with E-state index in [9.17, 15) is 4.79 Å². The number of ether oxygens (including phenoxy) is 2. The van der Waals surface area contributed by atoms with E-state index in [1.165, 1.54) is 43.2 Å². The van der Waals surface area contributed by atoms with Crippen molar-refractivity contribution in [2.75, 3.05) is 6.61 Å². The smallest absolute Gasteiger partial charge is 0.347 e. The fourth-order valence-corrected chi connectivity index (χ4v) is 3.85. The first-order valence-electron chi connectivity index (χ1n) is 8.15. The first kappa shape index (κ1) is 14.4. The molecule has 0 aliphatic heterocycles. The predicted molar refractivity (Wildman–Crippen MR) is 81.6 cm³/mol. The molecule has 0 bridgehead atoms. The van der Waals surface area contributed by atoms with Gasteiger partial charge in [-0.05, 0) is 68.2 Å². The first-order chi connectivity index (χ1) is 10.2. The highest BCUT2D eigenvalue weighted by atomic mass is 16.6. The summed E-state index contributed by atoms with van der Waals surface area (Å²) in [5, 5.41) is 0. The summed E-state index contributed by atoms with van der Waals surface area (Å²) in [7, 11) is 0. The van der Waals surface area contributed by atoms with E-state index in [1.807, 2.05) is 13.0 Å². The molecule has 0 saturated heterocycles. The zero-order valence-corrected chi connectivity index (χ0v) is 12.9. The number of rotatable bonds is 4. The van der Waals surface area contributed by atoms with Gasteiger partial charge in [0.1, 0.15) is 5.75 Å².